The van der Waals surface area contributed by atoms with E-state index in [0.29, 0.717) is 37.6 Å². The number of nitro benzene ring substituents is 1. The average molecular weight is 445 g/mol. The van der Waals surface area contributed by atoms with Gasteiger partial charge in [-0.25, -0.2) is 0 Å². The van der Waals surface area contributed by atoms with Crippen molar-refractivity contribution in [2.75, 3.05) is 24.6 Å². The fourth-order valence-corrected chi connectivity index (χ4v) is 3.89. The van der Waals surface area contributed by atoms with Crippen molar-refractivity contribution in [1.82, 2.24) is 19.6 Å². The molecule has 0 radical (unpaired) electrons. The average Bonchev–Trinajstić information content (AvgIpc) is 3.07. The Morgan fingerprint density at radius 1 is 1.29 bits per heavy atom. The second kappa shape index (κ2) is 8.48. The minimum absolute atomic E-state index is 0.0418. The van der Waals surface area contributed by atoms with Crippen LogP contribution in [0.4, 0.5) is 11.4 Å². The molecule has 1 saturated heterocycles. The van der Waals surface area contributed by atoms with Crippen LogP contribution in [0.3, 0.4) is 0 Å². The summed E-state index contributed by atoms with van der Waals surface area (Å²) < 4.78 is 8.93. The maximum absolute atomic E-state index is 12.8. The second-order valence-corrected chi connectivity index (χ2v) is 7.76. The first-order valence-electron chi connectivity index (χ1n) is 9.74. The van der Waals surface area contributed by atoms with Crippen molar-refractivity contribution < 1.29 is 9.66 Å². The smallest absolute Gasteiger partial charge is 0.292 e. The Hall–Kier alpha value is -3.24. The van der Waals surface area contributed by atoms with Crippen molar-refractivity contribution in [1.29, 1.82) is 0 Å². The van der Waals surface area contributed by atoms with E-state index in [1.54, 1.807) is 0 Å². The number of nitro groups is 1. The van der Waals surface area contributed by atoms with Crippen LogP contribution in [-0.2, 0) is 11.3 Å². The molecule has 162 valence electrons. The van der Waals surface area contributed by atoms with Gasteiger partial charge >= 0.3 is 0 Å². The minimum Gasteiger partial charge on any atom is -0.373 e. The molecular formula is C20H21ClN6O4. The summed E-state index contributed by atoms with van der Waals surface area (Å²) in [6.07, 6.45) is 1.43. The van der Waals surface area contributed by atoms with Crippen molar-refractivity contribution >= 4 is 23.0 Å². The highest BCUT2D eigenvalue weighted by atomic mass is 35.5. The molecule has 31 heavy (non-hydrogen) atoms. The number of nitrogens with zero attached hydrogens (tertiary/aromatic N) is 6. The fourth-order valence-electron chi connectivity index (χ4n) is 3.65. The zero-order chi connectivity index (χ0) is 22.1. The van der Waals surface area contributed by atoms with Gasteiger partial charge in [-0.1, -0.05) is 11.6 Å². The molecule has 0 spiro atoms. The van der Waals surface area contributed by atoms with Gasteiger partial charge in [0.2, 0.25) is 0 Å². The lowest BCUT2D eigenvalue weighted by atomic mass is 10.2. The predicted molar refractivity (Wildman–Crippen MR) is 115 cm³/mol. The molecule has 1 aromatic carbocycles. The van der Waals surface area contributed by atoms with E-state index in [1.807, 2.05) is 29.5 Å². The standard InChI is InChI=1S/C20H21ClN6O4/c1-13-9-14(2)25(23-13)12-17-11-24(7-8-31-17)18-10-22-26(20(28)19(18)21)15-3-5-16(6-4-15)27(29)30/h3-6,9-10,17H,7-8,11-12H2,1-2H3. The molecule has 4 rings (SSSR count). The van der Waals surface area contributed by atoms with Gasteiger partial charge in [-0.2, -0.15) is 14.9 Å². The Labute approximate surface area is 182 Å². The maximum atomic E-state index is 12.8. The third-order valence-corrected chi connectivity index (χ3v) is 5.52. The Morgan fingerprint density at radius 2 is 2.03 bits per heavy atom. The molecule has 1 aliphatic heterocycles. The van der Waals surface area contributed by atoms with Crippen molar-refractivity contribution in [3.8, 4) is 5.69 Å². The number of aromatic nitrogens is 4. The molecular weight excluding hydrogens is 424 g/mol. The summed E-state index contributed by atoms with van der Waals surface area (Å²) >= 11 is 6.42. The van der Waals surface area contributed by atoms with Crippen LogP contribution in [0.1, 0.15) is 11.4 Å². The third-order valence-electron chi connectivity index (χ3n) is 5.17. The van der Waals surface area contributed by atoms with Gasteiger partial charge in [0.25, 0.3) is 11.2 Å². The van der Waals surface area contributed by atoms with Gasteiger partial charge in [-0.05, 0) is 32.0 Å². The summed E-state index contributed by atoms with van der Waals surface area (Å²) in [7, 11) is 0. The summed E-state index contributed by atoms with van der Waals surface area (Å²) in [6, 6.07) is 7.57. The first kappa shape index (κ1) is 21.0. The van der Waals surface area contributed by atoms with Gasteiger partial charge < -0.3 is 9.64 Å². The van der Waals surface area contributed by atoms with Crippen LogP contribution in [0.5, 0.6) is 0 Å². The van der Waals surface area contributed by atoms with E-state index in [9.17, 15) is 14.9 Å². The van der Waals surface area contributed by atoms with Crippen molar-refractivity contribution in [2.45, 2.75) is 26.5 Å². The van der Waals surface area contributed by atoms with Crippen LogP contribution in [0, 0.1) is 24.0 Å². The number of hydrogen-bond donors (Lipinski definition) is 0. The minimum atomic E-state index is -0.503. The number of non-ortho nitro benzene ring substituents is 1. The van der Waals surface area contributed by atoms with E-state index in [0.717, 1.165) is 16.1 Å². The fraction of sp³-hybridized carbons (Fsp3) is 0.350. The lowest BCUT2D eigenvalue weighted by Crippen LogP contribution is -2.45. The van der Waals surface area contributed by atoms with Gasteiger partial charge in [0.15, 0.2) is 0 Å². The molecule has 1 unspecified atom stereocenters. The van der Waals surface area contributed by atoms with Gasteiger partial charge in [-0.15, -0.1) is 0 Å². The normalized spacial score (nSPS) is 16.5. The second-order valence-electron chi connectivity index (χ2n) is 7.38. The molecule has 0 saturated carbocycles. The molecule has 0 aliphatic carbocycles. The van der Waals surface area contributed by atoms with Crippen molar-refractivity contribution in [3.63, 3.8) is 0 Å². The Bertz CT molecular complexity index is 1170. The molecule has 0 amide bonds. The first-order valence-corrected chi connectivity index (χ1v) is 10.1. The number of benzene rings is 1. The van der Waals surface area contributed by atoms with Crippen LogP contribution >= 0.6 is 11.6 Å². The highest BCUT2D eigenvalue weighted by Gasteiger charge is 2.25. The van der Waals surface area contributed by atoms with Gasteiger partial charge in [0, 0.05) is 30.9 Å². The van der Waals surface area contributed by atoms with Crippen LogP contribution in [-0.4, -0.2) is 50.3 Å². The van der Waals surface area contributed by atoms with Crippen LogP contribution < -0.4 is 10.5 Å². The summed E-state index contributed by atoms with van der Waals surface area (Å²) in [5, 5.41) is 19.6. The van der Waals surface area contributed by atoms with Crippen LogP contribution in [0.2, 0.25) is 5.02 Å². The maximum Gasteiger partial charge on any atom is 0.292 e. The molecule has 3 heterocycles. The number of aryl methyl sites for hydroxylation is 2. The number of morpholine rings is 1. The Morgan fingerprint density at radius 3 is 2.68 bits per heavy atom. The van der Waals surface area contributed by atoms with E-state index in [4.69, 9.17) is 16.3 Å². The number of ether oxygens (including phenoxy) is 1. The van der Waals surface area contributed by atoms with E-state index >= 15 is 0 Å². The number of halogens is 1. The number of anilines is 1. The van der Waals surface area contributed by atoms with Gasteiger partial charge in [0.1, 0.15) is 5.02 Å². The molecule has 1 atom stereocenters. The van der Waals surface area contributed by atoms with Crippen LogP contribution in [0.25, 0.3) is 5.69 Å². The van der Waals surface area contributed by atoms with Crippen molar-refractivity contribution in [2.24, 2.45) is 0 Å². The quantitative estimate of drug-likeness (QED) is 0.439. The van der Waals surface area contributed by atoms with Gasteiger partial charge in [0.05, 0.1) is 47.4 Å². The zero-order valence-electron chi connectivity index (χ0n) is 17.1. The largest absolute Gasteiger partial charge is 0.373 e. The summed E-state index contributed by atoms with van der Waals surface area (Å²) in [6.45, 7) is 6.16. The van der Waals surface area contributed by atoms with Crippen molar-refractivity contribution in [3.05, 3.63) is 73.4 Å². The summed E-state index contributed by atoms with van der Waals surface area (Å²) in [5.74, 6) is 0. The summed E-state index contributed by atoms with van der Waals surface area (Å²) in [5.41, 5.74) is 2.38. The monoisotopic (exact) mass is 444 g/mol. The SMILES string of the molecule is Cc1cc(C)n(CC2CN(c3cnn(-c4ccc([N+](=O)[O-])cc4)c(=O)c3Cl)CCO2)n1. The molecule has 2 aromatic heterocycles. The number of hydrogen-bond acceptors (Lipinski definition) is 7. The van der Waals surface area contributed by atoms with Gasteiger partial charge in [-0.3, -0.25) is 19.6 Å². The zero-order valence-corrected chi connectivity index (χ0v) is 17.8. The highest BCUT2D eigenvalue weighted by Crippen LogP contribution is 2.24. The predicted octanol–water partition coefficient (Wildman–Crippen LogP) is 2.51. The molecule has 1 fully saturated rings. The van der Waals surface area contributed by atoms with E-state index in [1.165, 1.54) is 30.5 Å². The Balaban J connectivity index is 1.55. The molecule has 3 aromatic rings. The topological polar surface area (TPSA) is 108 Å². The molecule has 11 heteroatoms. The van der Waals surface area contributed by atoms with Crippen LogP contribution in [0.15, 0.2) is 41.3 Å². The summed E-state index contributed by atoms with van der Waals surface area (Å²) in [4.78, 5) is 25.1. The molecule has 10 nitrogen and oxygen atoms in total. The van der Waals surface area contributed by atoms with E-state index in [-0.39, 0.29) is 16.8 Å². The first-order chi connectivity index (χ1) is 14.8. The lowest BCUT2D eigenvalue weighted by Gasteiger charge is -2.34. The van der Waals surface area contributed by atoms with E-state index in [2.05, 4.69) is 10.2 Å². The third kappa shape index (κ3) is 4.30. The number of rotatable bonds is 5. The lowest BCUT2D eigenvalue weighted by molar-refractivity contribution is -0.384. The molecule has 0 bridgehead atoms. The molecule has 0 N–H and O–H groups in total. The van der Waals surface area contributed by atoms with E-state index < -0.39 is 10.5 Å². The molecule has 1 aliphatic rings. The highest BCUT2D eigenvalue weighted by molar-refractivity contribution is 6.33. The Kier molecular flexibility index (Phi) is 5.75.